The third kappa shape index (κ3) is 7.78. The van der Waals surface area contributed by atoms with Crippen LogP contribution >= 0.6 is 24.4 Å². The van der Waals surface area contributed by atoms with E-state index >= 15 is 0 Å². The first-order valence-corrected chi connectivity index (χ1v) is 12.8. The van der Waals surface area contributed by atoms with Crippen molar-refractivity contribution in [1.82, 2.24) is 5.32 Å². The van der Waals surface area contributed by atoms with E-state index in [-0.39, 0.29) is 11.7 Å². The summed E-state index contributed by atoms with van der Waals surface area (Å²) in [5.74, 6) is -0.910. The topological polar surface area (TPSA) is 81.7 Å². The standard InChI is InChI=1S/C14H22F3NO5S2Si/c1-7(19)18-11(14(15,16)17)10-9(22-12(20)23-10)5-8(25-13(21)24)6-26(2,3)4/h8-11H,5-6H2,1-4H3,(H,18,19)(H,21,24). The summed E-state index contributed by atoms with van der Waals surface area (Å²) >= 11 is 4.61. The van der Waals surface area contributed by atoms with E-state index in [4.69, 9.17) is 9.47 Å². The quantitative estimate of drug-likeness (QED) is 0.361. The number of rotatable bonds is 7. The average Bonchev–Trinajstić information content (AvgIpc) is 2.71. The van der Waals surface area contributed by atoms with Crippen molar-refractivity contribution in [2.75, 3.05) is 0 Å². The SMILES string of the molecule is CC(=O)NC(C1OC(=O)OC1CC(C[Si](C)(C)C)SC(=O)S)C(F)(F)F. The van der Waals surface area contributed by atoms with Gasteiger partial charge < -0.3 is 14.8 Å². The second-order valence-electron chi connectivity index (χ2n) is 7.21. The van der Waals surface area contributed by atoms with Gasteiger partial charge in [0.1, 0.15) is 6.10 Å². The molecule has 0 aromatic carbocycles. The number of nitrogens with one attached hydrogen (secondary N) is 1. The molecule has 0 radical (unpaired) electrons. The molecule has 12 heteroatoms. The van der Waals surface area contributed by atoms with Crippen LogP contribution in [0.3, 0.4) is 0 Å². The van der Waals surface area contributed by atoms with Gasteiger partial charge in [-0.3, -0.25) is 9.59 Å². The lowest BCUT2D eigenvalue weighted by Crippen LogP contribution is -2.55. The van der Waals surface area contributed by atoms with Gasteiger partial charge in [-0.2, -0.15) is 13.2 Å². The Hall–Kier alpha value is -0.883. The summed E-state index contributed by atoms with van der Waals surface area (Å²) in [5.41, 5.74) is 0. The summed E-state index contributed by atoms with van der Waals surface area (Å²) in [6, 6.07) is -1.78. The third-order valence-electron chi connectivity index (χ3n) is 3.49. The minimum atomic E-state index is -4.83. The molecule has 4 atom stereocenters. The van der Waals surface area contributed by atoms with E-state index < -0.39 is 49.0 Å². The van der Waals surface area contributed by atoms with Gasteiger partial charge >= 0.3 is 12.3 Å². The average molecular weight is 434 g/mol. The van der Waals surface area contributed by atoms with E-state index in [1.165, 1.54) is 0 Å². The number of alkyl halides is 3. The molecule has 6 nitrogen and oxygen atoms in total. The Labute approximate surface area is 160 Å². The van der Waals surface area contributed by atoms with Crippen molar-refractivity contribution in [3.8, 4) is 0 Å². The zero-order valence-corrected chi connectivity index (χ0v) is 17.5. The molecule has 26 heavy (non-hydrogen) atoms. The fraction of sp³-hybridized carbons (Fsp3) is 0.786. The molecular weight excluding hydrogens is 411 g/mol. The van der Waals surface area contributed by atoms with Gasteiger partial charge in [-0.15, -0.1) is 0 Å². The Morgan fingerprint density at radius 2 is 1.88 bits per heavy atom. The second kappa shape index (κ2) is 8.87. The van der Waals surface area contributed by atoms with E-state index in [0.29, 0.717) is 6.04 Å². The highest BCUT2D eigenvalue weighted by molar-refractivity contribution is 8.32. The van der Waals surface area contributed by atoms with Crippen LogP contribution in [-0.4, -0.2) is 54.3 Å². The van der Waals surface area contributed by atoms with Gasteiger partial charge in [-0.1, -0.05) is 44.0 Å². The lowest BCUT2D eigenvalue weighted by atomic mass is 10.0. The summed E-state index contributed by atoms with van der Waals surface area (Å²) in [4.78, 5) is 34.0. The van der Waals surface area contributed by atoms with Crippen molar-refractivity contribution in [2.45, 2.75) is 68.7 Å². The Kier molecular flexibility index (Phi) is 7.90. The van der Waals surface area contributed by atoms with Crippen LogP contribution in [0.25, 0.3) is 0 Å². The highest BCUT2D eigenvalue weighted by atomic mass is 32.2. The van der Waals surface area contributed by atoms with Gasteiger partial charge in [-0.25, -0.2) is 4.79 Å². The highest BCUT2D eigenvalue weighted by Crippen LogP contribution is 2.35. The number of hydrogen-bond donors (Lipinski definition) is 2. The van der Waals surface area contributed by atoms with Gasteiger partial charge in [-0.05, 0) is 6.04 Å². The first-order valence-electron chi connectivity index (χ1n) is 7.79. The zero-order chi connectivity index (χ0) is 20.3. The predicted molar refractivity (Wildman–Crippen MR) is 97.3 cm³/mol. The predicted octanol–water partition coefficient (Wildman–Crippen LogP) is 3.84. The summed E-state index contributed by atoms with van der Waals surface area (Å²) in [6.07, 6.45) is -9.02. The highest BCUT2D eigenvalue weighted by Gasteiger charge is 2.54. The number of carbonyl (C=O) groups excluding carboxylic acids is 3. The molecule has 1 heterocycles. The van der Waals surface area contributed by atoms with Crippen molar-refractivity contribution < 1.29 is 37.0 Å². The molecule has 1 fully saturated rings. The maximum absolute atomic E-state index is 13.3. The monoisotopic (exact) mass is 433 g/mol. The number of thiol groups is 1. The van der Waals surface area contributed by atoms with E-state index in [9.17, 15) is 27.6 Å². The zero-order valence-electron chi connectivity index (χ0n) is 14.8. The van der Waals surface area contributed by atoms with Crippen molar-refractivity contribution in [2.24, 2.45) is 0 Å². The normalized spacial score (nSPS) is 23.0. The first-order chi connectivity index (χ1) is 11.7. The molecule has 0 bridgehead atoms. The van der Waals surface area contributed by atoms with Crippen molar-refractivity contribution in [3.05, 3.63) is 0 Å². The smallest absolute Gasteiger partial charge is 0.427 e. The molecule has 1 rings (SSSR count). The third-order valence-corrected chi connectivity index (χ3v) is 6.71. The minimum Gasteiger partial charge on any atom is -0.427 e. The van der Waals surface area contributed by atoms with Crippen LogP contribution in [0.5, 0.6) is 0 Å². The maximum atomic E-state index is 13.3. The molecule has 1 aliphatic rings. The number of halogens is 3. The molecule has 0 saturated carbocycles. The number of ether oxygens (including phenoxy) is 2. The summed E-state index contributed by atoms with van der Waals surface area (Å²) in [5, 5.41) is 1.40. The number of amides is 1. The Bertz CT molecular complexity index is 556. The largest absolute Gasteiger partial charge is 0.509 e. The number of cyclic esters (lactones) is 2. The lowest BCUT2D eigenvalue weighted by Gasteiger charge is -2.30. The molecule has 4 unspecified atom stereocenters. The van der Waals surface area contributed by atoms with Crippen molar-refractivity contribution >= 4 is 49.0 Å². The fourth-order valence-corrected chi connectivity index (χ4v) is 7.08. The molecule has 1 amide bonds. The van der Waals surface area contributed by atoms with Crippen molar-refractivity contribution in [3.63, 3.8) is 0 Å². The first kappa shape index (κ1) is 23.2. The van der Waals surface area contributed by atoms with Gasteiger partial charge in [0.25, 0.3) is 0 Å². The molecule has 1 saturated heterocycles. The Morgan fingerprint density at radius 1 is 1.31 bits per heavy atom. The van der Waals surface area contributed by atoms with Crippen LogP contribution in [0.2, 0.25) is 25.7 Å². The number of hydrogen-bond acceptors (Lipinski definition) is 6. The van der Waals surface area contributed by atoms with E-state index in [2.05, 4.69) is 12.6 Å². The van der Waals surface area contributed by atoms with Crippen LogP contribution in [0.4, 0.5) is 22.8 Å². The van der Waals surface area contributed by atoms with Crippen LogP contribution in [0, 0.1) is 0 Å². The van der Waals surface area contributed by atoms with Crippen LogP contribution < -0.4 is 5.32 Å². The maximum Gasteiger partial charge on any atom is 0.509 e. The Balaban J connectivity index is 3.03. The summed E-state index contributed by atoms with van der Waals surface area (Å²) in [7, 11) is -1.67. The van der Waals surface area contributed by atoms with Gasteiger partial charge in [0.2, 0.25) is 10.4 Å². The van der Waals surface area contributed by atoms with E-state index in [1.807, 2.05) is 19.6 Å². The minimum absolute atomic E-state index is 0.0101. The van der Waals surface area contributed by atoms with E-state index in [1.54, 1.807) is 5.32 Å². The molecule has 150 valence electrons. The van der Waals surface area contributed by atoms with Gasteiger partial charge in [0.15, 0.2) is 12.1 Å². The summed E-state index contributed by atoms with van der Waals surface area (Å²) in [6.45, 7) is 7.09. The van der Waals surface area contributed by atoms with Crippen LogP contribution in [-0.2, 0) is 14.3 Å². The molecule has 0 aliphatic carbocycles. The second-order valence-corrected chi connectivity index (χ2v) is 14.7. The molecule has 0 aromatic heterocycles. The van der Waals surface area contributed by atoms with E-state index in [0.717, 1.165) is 18.7 Å². The molecular formula is C14H22F3NO5S2Si. The molecule has 1 N–H and O–H groups in total. The molecule has 1 aliphatic heterocycles. The van der Waals surface area contributed by atoms with Crippen molar-refractivity contribution in [1.29, 1.82) is 0 Å². The Morgan fingerprint density at radius 3 is 2.31 bits per heavy atom. The number of thioether (sulfide) groups is 1. The van der Waals surface area contributed by atoms with Crippen LogP contribution in [0.1, 0.15) is 13.3 Å². The summed E-state index contributed by atoms with van der Waals surface area (Å²) < 4.78 is 49.1. The van der Waals surface area contributed by atoms with Gasteiger partial charge in [0.05, 0.1) is 0 Å². The lowest BCUT2D eigenvalue weighted by molar-refractivity contribution is -0.181. The number of carbonyl (C=O) groups is 3. The molecule has 0 spiro atoms. The van der Waals surface area contributed by atoms with Crippen LogP contribution in [0.15, 0.2) is 0 Å². The molecule has 0 aromatic rings. The fourth-order valence-electron chi connectivity index (χ4n) is 2.70. The van der Waals surface area contributed by atoms with Gasteiger partial charge in [0, 0.05) is 26.7 Å².